The van der Waals surface area contributed by atoms with Gasteiger partial charge in [-0.15, -0.1) is 0 Å². The molecule has 1 unspecified atom stereocenters. The van der Waals surface area contributed by atoms with Crippen molar-refractivity contribution in [1.29, 1.82) is 0 Å². The van der Waals surface area contributed by atoms with Gasteiger partial charge in [-0.2, -0.15) is 0 Å². The maximum Gasteiger partial charge on any atom is 0.326 e. The van der Waals surface area contributed by atoms with E-state index >= 15 is 0 Å². The summed E-state index contributed by atoms with van der Waals surface area (Å²) in [6.07, 6.45) is -0.0405. The van der Waals surface area contributed by atoms with Crippen LogP contribution in [0, 0.1) is 13.8 Å². The first kappa shape index (κ1) is 16.5. The van der Waals surface area contributed by atoms with E-state index in [4.69, 9.17) is 10.2 Å². The summed E-state index contributed by atoms with van der Waals surface area (Å²) in [7, 11) is 0. The van der Waals surface area contributed by atoms with E-state index in [2.05, 4.69) is 26.6 Å². The van der Waals surface area contributed by atoms with Gasteiger partial charge in [0.25, 0.3) is 0 Å². The topological polar surface area (TPSA) is 98.7 Å². The Bertz CT molecular complexity index is 496. The second-order valence-corrected chi connectivity index (χ2v) is 5.22. The fourth-order valence-corrected chi connectivity index (χ4v) is 1.96. The molecular weight excluding hydrogens is 328 g/mol. The minimum absolute atomic E-state index is 0.0405. The Morgan fingerprint density at radius 1 is 1.30 bits per heavy atom. The molecule has 2 amide bonds. The van der Waals surface area contributed by atoms with Gasteiger partial charge < -0.3 is 20.8 Å². The number of hydrogen-bond acceptors (Lipinski definition) is 3. The Hall–Kier alpha value is -1.60. The lowest BCUT2D eigenvalue weighted by atomic mass is 10.1. The van der Waals surface area contributed by atoms with E-state index in [1.165, 1.54) is 0 Å². The average Bonchev–Trinajstić information content (AvgIpc) is 2.35. The molecule has 7 heteroatoms. The highest BCUT2D eigenvalue weighted by atomic mass is 79.9. The first-order chi connectivity index (χ1) is 9.35. The number of carboxylic acid groups (broad SMARTS) is 1. The second-order valence-electron chi connectivity index (χ2n) is 4.43. The van der Waals surface area contributed by atoms with E-state index < -0.39 is 18.0 Å². The summed E-state index contributed by atoms with van der Waals surface area (Å²) in [5, 5.41) is 22.5. The fraction of sp³-hybridized carbons (Fsp3) is 0.385. The number of aliphatic carboxylic acids is 1. The number of urea groups is 1. The Kier molecular flexibility index (Phi) is 5.97. The molecule has 0 saturated carbocycles. The SMILES string of the molecule is Cc1cc(NC(=O)NC(CCO)C(=O)O)cc(C)c1Br. The number of amides is 2. The number of carboxylic acids is 1. The third kappa shape index (κ3) is 4.50. The molecule has 0 bridgehead atoms. The van der Waals surface area contributed by atoms with Gasteiger partial charge in [0.1, 0.15) is 6.04 Å². The summed E-state index contributed by atoms with van der Waals surface area (Å²) in [5.41, 5.74) is 2.50. The number of rotatable bonds is 5. The minimum Gasteiger partial charge on any atom is -0.480 e. The number of aryl methyl sites for hydroxylation is 2. The van der Waals surface area contributed by atoms with Crippen molar-refractivity contribution in [1.82, 2.24) is 5.32 Å². The Morgan fingerprint density at radius 3 is 2.30 bits per heavy atom. The van der Waals surface area contributed by atoms with Gasteiger partial charge in [-0.05, 0) is 37.1 Å². The number of carbonyl (C=O) groups is 2. The molecule has 0 aromatic heterocycles. The summed E-state index contributed by atoms with van der Waals surface area (Å²) >= 11 is 3.43. The highest BCUT2D eigenvalue weighted by Crippen LogP contribution is 2.24. The average molecular weight is 345 g/mol. The lowest BCUT2D eigenvalue weighted by molar-refractivity contribution is -0.139. The Morgan fingerprint density at radius 2 is 1.85 bits per heavy atom. The van der Waals surface area contributed by atoms with Crippen molar-refractivity contribution in [2.24, 2.45) is 0 Å². The Labute approximate surface area is 125 Å². The van der Waals surface area contributed by atoms with Crippen LogP contribution in [0.5, 0.6) is 0 Å². The van der Waals surface area contributed by atoms with Crippen molar-refractivity contribution in [2.75, 3.05) is 11.9 Å². The molecule has 6 nitrogen and oxygen atoms in total. The molecule has 0 spiro atoms. The molecule has 1 aromatic carbocycles. The number of hydrogen-bond donors (Lipinski definition) is 4. The molecule has 0 aliphatic rings. The molecule has 0 fully saturated rings. The lowest BCUT2D eigenvalue weighted by Gasteiger charge is -2.15. The van der Waals surface area contributed by atoms with Gasteiger partial charge in [0.15, 0.2) is 0 Å². The molecule has 0 heterocycles. The molecule has 0 aliphatic heterocycles. The maximum atomic E-state index is 11.7. The predicted octanol–water partition coefficient (Wildman–Crippen LogP) is 2.02. The zero-order chi connectivity index (χ0) is 15.3. The zero-order valence-corrected chi connectivity index (χ0v) is 12.8. The summed E-state index contributed by atoms with van der Waals surface area (Å²) < 4.78 is 0.965. The van der Waals surface area contributed by atoms with Crippen molar-refractivity contribution < 1.29 is 19.8 Å². The Balaban J connectivity index is 2.73. The monoisotopic (exact) mass is 344 g/mol. The number of aliphatic hydroxyl groups excluding tert-OH is 1. The molecule has 0 radical (unpaired) electrons. The van der Waals surface area contributed by atoms with E-state index in [0.29, 0.717) is 5.69 Å². The van der Waals surface area contributed by atoms with Crippen LogP contribution in [0.1, 0.15) is 17.5 Å². The molecule has 0 aliphatic carbocycles. The van der Waals surface area contributed by atoms with Crippen molar-refractivity contribution >= 4 is 33.6 Å². The van der Waals surface area contributed by atoms with Crippen molar-refractivity contribution in [2.45, 2.75) is 26.3 Å². The third-order valence-electron chi connectivity index (χ3n) is 2.72. The van der Waals surface area contributed by atoms with Crippen LogP contribution in [0.4, 0.5) is 10.5 Å². The highest BCUT2D eigenvalue weighted by Gasteiger charge is 2.19. The van der Waals surface area contributed by atoms with Crippen LogP contribution >= 0.6 is 15.9 Å². The number of benzene rings is 1. The van der Waals surface area contributed by atoms with Gasteiger partial charge in [0.2, 0.25) is 0 Å². The third-order valence-corrected chi connectivity index (χ3v) is 3.97. The zero-order valence-electron chi connectivity index (χ0n) is 11.2. The lowest BCUT2D eigenvalue weighted by Crippen LogP contribution is -2.43. The maximum absolute atomic E-state index is 11.7. The van der Waals surface area contributed by atoms with Crippen LogP contribution < -0.4 is 10.6 Å². The largest absolute Gasteiger partial charge is 0.480 e. The smallest absolute Gasteiger partial charge is 0.326 e. The minimum atomic E-state index is -1.18. The first-order valence-electron chi connectivity index (χ1n) is 6.03. The van der Waals surface area contributed by atoms with Crippen molar-refractivity contribution in [3.8, 4) is 0 Å². The number of halogens is 1. The van der Waals surface area contributed by atoms with Crippen LogP contribution in [-0.4, -0.2) is 34.9 Å². The predicted molar refractivity (Wildman–Crippen MR) is 78.9 cm³/mol. The second kappa shape index (κ2) is 7.25. The summed E-state index contributed by atoms with van der Waals surface area (Å²) in [6, 6.07) is 1.82. The van der Waals surface area contributed by atoms with Gasteiger partial charge in [-0.1, -0.05) is 15.9 Å². The molecule has 20 heavy (non-hydrogen) atoms. The standard InChI is InChI=1S/C13H17BrN2O4/c1-7-5-9(6-8(2)11(7)14)15-13(20)16-10(3-4-17)12(18)19/h5-6,10,17H,3-4H2,1-2H3,(H,18,19)(H2,15,16,20). The molecule has 0 saturated heterocycles. The van der Waals surface area contributed by atoms with Crippen LogP contribution in [0.15, 0.2) is 16.6 Å². The van der Waals surface area contributed by atoms with Gasteiger partial charge in [0, 0.05) is 23.2 Å². The van der Waals surface area contributed by atoms with E-state index in [9.17, 15) is 9.59 Å². The van der Waals surface area contributed by atoms with Crippen LogP contribution in [0.25, 0.3) is 0 Å². The van der Waals surface area contributed by atoms with Crippen LogP contribution in [0.3, 0.4) is 0 Å². The van der Waals surface area contributed by atoms with E-state index in [1.54, 1.807) is 12.1 Å². The fourth-order valence-electron chi connectivity index (χ4n) is 1.73. The van der Waals surface area contributed by atoms with Crippen molar-refractivity contribution in [3.63, 3.8) is 0 Å². The van der Waals surface area contributed by atoms with Crippen LogP contribution in [0.2, 0.25) is 0 Å². The molecule has 4 N–H and O–H groups in total. The van der Waals surface area contributed by atoms with E-state index in [0.717, 1.165) is 15.6 Å². The first-order valence-corrected chi connectivity index (χ1v) is 6.82. The normalized spacial score (nSPS) is 11.8. The van der Waals surface area contributed by atoms with Crippen LogP contribution in [-0.2, 0) is 4.79 Å². The highest BCUT2D eigenvalue weighted by molar-refractivity contribution is 9.10. The number of anilines is 1. The summed E-state index contributed by atoms with van der Waals surface area (Å²) in [5.74, 6) is -1.18. The van der Waals surface area contributed by atoms with E-state index in [1.807, 2.05) is 13.8 Å². The summed E-state index contributed by atoms with van der Waals surface area (Å²) in [4.78, 5) is 22.6. The number of aliphatic hydroxyl groups is 1. The molecular formula is C13H17BrN2O4. The van der Waals surface area contributed by atoms with Gasteiger partial charge in [0.05, 0.1) is 0 Å². The van der Waals surface area contributed by atoms with Gasteiger partial charge in [-0.3, -0.25) is 0 Å². The quantitative estimate of drug-likeness (QED) is 0.656. The van der Waals surface area contributed by atoms with Gasteiger partial charge >= 0.3 is 12.0 Å². The number of nitrogens with one attached hydrogen (secondary N) is 2. The molecule has 1 rings (SSSR count). The number of carbonyl (C=O) groups excluding carboxylic acids is 1. The molecule has 1 atom stereocenters. The summed E-state index contributed by atoms with van der Waals surface area (Å²) in [6.45, 7) is 3.48. The molecule has 1 aromatic rings. The van der Waals surface area contributed by atoms with Crippen molar-refractivity contribution in [3.05, 3.63) is 27.7 Å². The molecule has 110 valence electrons. The van der Waals surface area contributed by atoms with E-state index in [-0.39, 0.29) is 13.0 Å². The van der Waals surface area contributed by atoms with Gasteiger partial charge in [-0.25, -0.2) is 9.59 Å².